The first-order chi connectivity index (χ1) is 14.5. The summed E-state index contributed by atoms with van der Waals surface area (Å²) in [6.07, 6.45) is 2.96. The summed E-state index contributed by atoms with van der Waals surface area (Å²) >= 11 is 0. The molecule has 0 spiro atoms. The van der Waals surface area contributed by atoms with Crippen molar-refractivity contribution in [3.8, 4) is 23.3 Å². The van der Waals surface area contributed by atoms with Crippen LogP contribution in [0.25, 0.3) is 11.1 Å². The molecular weight excluding hydrogens is 378 g/mol. The molecule has 3 rings (SSSR count). The van der Waals surface area contributed by atoms with Gasteiger partial charge in [0.05, 0.1) is 23.3 Å². The van der Waals surface area contributed by atoms with Crippen molar-refractivity contribution in [3.63, 3.8) is 0 Å². The van der Waals surface area contributed by atoms with Crippen LogP contribution >= 0.6 is 0 Å². The van der Waals surface area contributed by atoms with E-state index >= 15 is 0 Å². The van der Waals surface area contributed by atoms with Crippen LogP contribution < -0.4 is 5.32 Å². The number of amides is 1. The molecule has 0 radical (unpaired) electrons. The van der Waals surface area contributed by atoms with Crippen molar-refractivity contribution in [2.24, 2.45) is 0 Å². The zero-order chi connectivity index (χ0) is 21.6. The first-order valence-corrected chi connectivity index (χ1v) is 10.0. The molecule has 0 aliphatic heterocycles. The van der Waals surface area contributed by atoms with E-state index in [2.05, 4.69) is 17.5 Å². The van der Waals surface area contributed by atoms with E-state index in [0.29, 0.717) is 29.5 Å². The number of nitrogens with zero attached hydrogens (tertiary/aromatic N) is 2. The third-order valence-electron chi connectivity index (χ3n) is 5.42. The van der Waals surface area contributed by atoms with E-state index in [4.69, 9.17) is 4.74 Å². The number of hydrogen-bond donors (Lipinski definition) is 1. The average molecular weight is 401 g/mol. The van der Waals surface area contributed by atoms with Crippen molar-refractivity contribution in [1.82, 2.24) is 5.32 Å². The van der Waals surface area contributed by atoms with Crippen LogP contribution in [0.4, 0.5) is 0 Å². The molecule has 1 N–H and O–H groups in total. The van der Waals surface area contributed by atoms with Gasteiger partial charge in [0, 0.05) is 5.56 Å². The van der Waals surface area contributed by atoms with Gasteiger partial charge in [-0.15, -0.1) is 0 Å². The first kappa shape index (κ1) is 21.1. The highest BCUT2D eigenvalue weighted by molar-refractivity contribution is 5.99. The second-order valence-corrected chi connectivity index (χ2v) is 7.49. The smallest absolute Gasteiger partial charge is 0.339 e. The Morgan fingerprint density at radius 1 is 1.00 bits per heavy atom. The molecule has 1 amide bonds. The number of hydrogen-bond acceptors (Lipinski definition) is 5. The van der Waals surface area contributed by atoms with E-state index in [9.17, 15) is 20.1 Å². The van der Waals surface area contributed by atoms with Gasteiger partial charge in [0.15, 0.2) is 6.10 Å². The van der Waals surface area contributed by atoms with Gasteiger partial charge in [-0.25, -0.2) is 4.79 Å². The van der Waals surface area contributed by atoms with Crippen LogP contribution in [-0.4, -0.2) is 23.5 Å². The predicted molar refractivity (Wildman–Crippen MR) is 111 cm³/mol. The summed E-state index contributed by atoms with van der Waals surface area (Å²) in [6.45, 7) is 1.49. The molecule has 1 aliphatic carbocycles. The Morgan fingerprint density at radius 3 is 2.30 bits per heavy atom. The van der Waals surface area contributed by atoms with Crippen LogP contribution in [0.2, 0.25) is 0 Å². The molecule has 0 unspecified atom stereocenters. The molecule has 6 heteroatoms. The second-order valence-electron chi connectivity index (χ2n) is 7.49. The molecular formula is C24H23N3O3. The summed E-state index contributed by atoms with van der Waals surface area (Å²) in [6, 6.07) is 18.2. The summed E-state index contributed by atoms with van der Waals surface area (Å²) in [5.74, 6) is -1.14. The Kier molecular flexibility index (Phi) is 6.49. The van der Waals surface area contributed by atoms with Gasteiger partial charge in [0.25, 0.3) is 5.91 Å². The number of carbonyl (C=O) groups excluding carboxylic acids is 2. The van der Waals surface area contributed by atoms with Crippen LogP contribution in [0.3, 0.4) is 0 Å². The predicted octanol–water partition coefficient (Wildman–Crippen LogP) is 4.11. The Balaban J connectivity index is 1.77. The molecule has 152 valence electrons. The minimum atomic E-state index is -1.05. The summed E-state index contributed by atoms with van der Waals surface area (Å²) in [5, 5.41) is 21.7. The summed E-state index contributed by atoms with van der Waals surface area (Å²) in [5.41, 5.74) is 1.01. The first-order valence-electron chi connectivity index (χ1n) is 10.0. The van der Waals surface area contributed by atoms with Crippen LogP contribution in [0, 0.1) is 22.7 Å². The van der Waals surface area contributed by atoms with E-state index in [-0.39, 0.29) is 5.56 Å². The highest BCUT2D eigenvalue weighted by atomic mass is 16.5. The molecule has 1 aliphatic rings. The number of nitriles is 2. The Labute approximate surface area is 176 Å². The Morgan fingerprint density at radius 2 is 1.63 bits per heavy atom. The number of carbonyl (C=O) groups is 2. The molecule has 0 heterocycles. The lowest BCUT2D eigenvalue weighted by Gasteiger charge is -2.32. The van der Waals surface area contributed by atoms with Gasteiger partial charge in [-0.2, -0.15) is 10.5 Å². The highest BCUT2D eigenvalue weighted by Crippen LogP contribution is 2.29. The van der Waals surface area contributed by atoms with E-state index in [1.807, 2.05) is 0 Å². The Hall–Kier alpha value is -3.64. The number of benzene rings is 2. The molecule has 2 aromatic rings. The summed E-state index contributed by atoms with van der Waals surface area (Å²) < 4.78 is 5.42. The third kappa shape index (κ3) is 4.50. The number of rotatable bonds is 5. The van der Waals surface area contributed by atoms with Crippen LogP contribution in [0.1, 0.15) is 54.9 Å². The highest BCUT2D eigenvalue weighted by Gasteiger charge is 2.35. The molecule has 30 heavy (non-hydrogen) atoms. The van der Waals surface area contributed by atoms with E-state index in [0.717, 1.165) is 19.3 Å². The van der Waals surface area contributed by atoms with E-state index in [1.54, 1.807) is 48.5 Å². The maximum absolute atomic E-state index is 12.8. The average Bonchev–Trinajstić information content (AvgIpc) is 2.79. The van der Waals surface area contributed by atoms with E-state index in [1.165, 1.54) is 6.92 Å². The topological polar surface area (TPSA) is 103 Å². The van der Waals surface area contributed by atoms with Gasteiger partial charge >= 0.3 is 5.97 Å². The van der Waals surface area contributed by atoms with Crippen molar-refractivity contribution < 1.29 is 14.3 Å². The van der Waals surface area contributed by atoms with Gasteiger partial charge in [-0.05, 0) is 37.5 Å². The van der Waals surface area contributed by atoms with Gasteiger partial charge in [-0.3, -0.25) is 4.79 Å². The number of nitrogens with one attached hydrogen (secondary N) is 1. The van der Waals surface area contributed by atoms with Gasteiger partial charge in [-0.1, -0.05) is 55.7 Å². The van der Waals surface area contributed by atoms with Crippen molar-refractivity contribution in [2.75, 3.05) is 0 Å². The van der Waals surface area contributed by atoms with Crippen LogP contribution in [0.15, 0.2) is 48.5 Å². The van der Waals surface area contributed by atoms with Crippen LogP contribution in [0.5, 0.6) is 0 Å². The molecule has 1 saturated carbocycles. The van der Waals surface area contributed by atoms with Crippen molar-refractivity contribution in [3.05, 3.63) is 59.7 Å². The van der Waals surface area contributed by atoms with Crippen molar-refractivity contribution >= 4 is 11.9 Å². The fourth-order valence-electron chi connectivity index (χ4n) is 3.75. The number of ether oxygens (including phenoxy) is 1. The maximum Gasteiger partial charge on any atom is 0.339 e. The standard InChI is InChI=1S/C24H23N3O3/c1-17(22(28)27-24(16-26)13-7-2-8-14-24)30-23(29)21-12-6-5-11-20(21)19-10-4-3-9-18(19)15-25/h3-6,9-12,17H,2,7-8,13-14H2,1H3,(H,27,28)/t17-/m0/s1. The minimum absolute atomic E-state index is 0.271. The van der Waals surface area contributed by atoms with Gasteiger partial charge in [0.1, 0.15) is 5.54 Å². The minimum Gasteiger partial charge on any atom is -0.449 e. The lowest BCUT2D eigenvalue weighted by atomic mass is 9.83. The van der Waals surface area contributed by atoms with Gasteiger partial charge < -0.3 is 10.1 Å². The molecule has 0 saturated heterocycles. The SMILES string of the molecule is C[C@H](OC(=O)c1ccccc1-c1ccccc1C#N)C(=O)NC1(C#N)CCCCC1. The quantitative estimate of drug-likeness (QED) is 0.759. The third-order valence-corrected chi connectivity index (χ3v) is 5.42. The summed E-state index contributed by atoms with van der Waals surface area (Å²) in [7, 11) is 0. The lowest BCUT2D eigenvalue weighted by Crippen LogP contribution is -2.52. The van der Waals surface area contributed by atoms with Crippen molar-refractivity contribution in [1.29, 1.82) is 10.5 Å². The fourth-order valence-corrected chi connectivity index (χ4v) is 3.75. The van der Waals surface area contributed by atoms with E-state index < -0.39 is 23.5 Å². The molecule has 0 aromatic heterocycles. The Bertz CT molecular complexity index is 1030. The normalized spacial score (nSPS) is 15.8. The zero-order valence-corrected chi connectivity index (χ0v) is 16.9. The monoisotopic (exact) mass is 401 g/mol. The second kappa shape index (κ2) is 9.24. The largest absolute Gasteiger partial charge is 0.449 e. The molecule has 1 atom stereocenters. The maximum atomic E-state index is 12.8. The molecule has 2 aromatic carbocycles. The molecule has 1 fully saturated rings. The van der Waals surface area contributed by atoms with Crippen molar-refractivity contribution in [2.45, 2.75) is 50.7 Å². The molecule has 6 nitrogen and oxygen atoms in total. The number of esters is 1. The van der Waals surface area contributed by atoms with Crippen LogP contribution in [-0.2, 0) is 9.53 Å². The lowest BCUT2D eigenvalue weighted by molar-refractivity contribution is -0.130. The summed E-state index contributed by atoms with van der Waals surface area (Å²) in [4.78, 5) is 25.5. The van der Waals surface area contributed by atoms with Gasteiger partial charge in [0.2, 0.25) is 0 Å². The fraction of sp³-hybridized carbons (Fsp3) is 0.333. The molecule has 0 bridgehead atoms. The zero-order valence-electron chi connectivity index (χ0n) is 16.9.